The third-order valence-electron chi connectivity index (χ3n) is 4.87. The molecule has 1 aromatic rings. The van der Waals surface area contributed by atoms with Crippen molar-refractivity contribution >= 4 is 5.97 Å². The van der Waals surface area contributed by atoms with Crippen LogP contribution in [0.5, 0.6) is 0 Å². The van der Waals surface area contributed by atoms with Crippen LogP contribution in [0.1, 0.15) is 73.5 Å². The molecule has 2 nitrogen and oxygen atoms in total. The Labute approximate surface area is 114 Å². The van der Waals surface area contributed by atoms with Crippen LogP contribution in [0, 0.1) is 0 Å². The second kappa shape index (κ2) is 5.36. The first-order valence-corrected chi connectivity index (χ1v) is 7.61. The summed E-state index contributed by atoms with van der Waals surface area (Å²) in [7, 11) is 0. The molecule has 2 aliphatic rings. The van der Waals surface area contributed by atoms with Crippen molar-refractivity contribution in [1.29, 1.82) is 0 Å². The van der Waals surface area contributed by atoms with E-state index in [4.69, 9.17) is 0 Å². The fourth-order valence-corrected chi connectivity index (χ4v) is 3.76. The van der Waals surface area contributed by atoms with Gasteiger partial charge in [0.25, 0.3) is 0 Å². The van der Waals surface area contributed by atoms with E-state index in [2.05, 4.69) is 18.2 Å². The molecular weight excluding hydrogens is 236 g/mol. The predicted octanol–water partition coefficient (Wildman–Crippen LogP) is 4.24. The minimum Gasteiger partial charge on any atom is -0.481 e. The lowest BCUT2D eigenvalue weighted by Crippen LogP contribution is -2.08. The monoisotopic (exact) mass is 258 g/mol. The summed E-state index contributed by atoms with van der Waals surface area (Å²) in [5.41, 5.74) is 3.80. The Kier molecular flexibility index (Phi) is 3.58. The number of carbonyl (C=O) groups is 1. The van der Waals surface area contributed by atoms with Crippen LogP contribution >= 0.6 is 0 Å². The van der Waals surface area contributed by atoms with E-state index < -0.39 is 5.97 Å². The van der Waals surface area contributed by atoms with E-state index in [9.17, 15) is 9.90 Å². The number of hydrogen-bond acceptors (Lipinski definition) is 1. The van der Waals surface area contributed by atoms with Gasteiger partial charge in [0.15, 0.2) is 0 Å². The number of benzene rings is 1. The Balaban J connectivity index is 1.84. The van der Waals surface area contributed by atoms with Gasteiger partial charge in [-0.15, -0.1) is 0 Å². The lowest BCUT2D eigenvalue weighted by atomic mass is 9.89. The van der Waals surface area contributed by atoms with Crippen molar-refractivity contribution in [1.82, 2.24) is 0 Å². The average Bonchev–Trinajstić information content (AvgIpc) is 2.64. The normalized spacial score (nSPS) is 23.9. The minimum atomic E-state index is -0.666. The van der Waals surface area contributed by atoms with E-state index in [-0.39, 0.29) is 5.92 Å². The number of aryl methyl sites for hydroxylation is 1. The zero-order valence-electron chi connectivity index (χ0n) is 11.4. The molecule has 3 rings (SSSR count). The lowest BCUT2D eigenvalue weighted by Gasteiger charge is -2.16. The van der Waals surface area contributed by atoms with Crippen molar-refractivity contribution in [3.63, 3.8) is 0 Å². The zero-order chi connectivity index (χ0) is 13.2. The summed E-state index contributed by atoms with van der Waals surface area (Å²) in [5, 5.41) is 9.22. The Hall–Kier alpha value is -1.31. The van der Waals surface area contributed by atoms with Gasteiger partial charge in [-0.05, 0) is 48.3 Å². The van der Waals surface area contributed by atoms with E-state index in [1.165, 1.54) is 49.7 Å². The van der Waals surface area contributed by atoms with Gasteiger partial charge in [0.05, 0.1) is 5.92 Å². The Morgan fingerprint density at radius 1 is 1.05 bits per heavy atom. The first kappa shape index (κ1) is 12.7. The van der Waals surface area contributed by atoms with Crippen LogP contribution in [0.15, 0.2) is 18.2 Å². The second-order valence-corrected chi connectivity index (χ2v) is 6.08. The van der Waals surface area contributed by atoms with Crippen LogP contribution in [0.2, 0.25) is 0 Å². The topological polar surface area (TPSA) is 37.3 Å². The summed E-state index contributed by atoms with van der Waals surface area (Å²) in [5.74, 6) is -0.226. The molecule has 0 radical (unpaired) electrons. The van der Waals surface area contributed by atoms with Crippen LogP contribution in [-0.2, 0) is 11.2 Å². The van der Waals surface area contributed by atoms with Crippen LogP contribution in [-0.4, -0.2) is 11.1 Å². The number of aliphatic carboxylic acids is 1. The van der Waals surface area contributed by atoms with Gasteiger partial charge in [-0.3, -0.25) is 4.79 Å². The van der Waals surface area contributed by atoms with Crippen LogP contribution in [0.3, 0.4) is 0 Å². The smallest absolute Gasteiger partial charge is 0.310 e. The van der Waals surface area contributed by atoms with Gasteiger partial charge in [-0.1, -0.05) is 43.9 Å². The van der Waals surface area contributed by atoms with Crippen molar-refractivity contribution in [2.24, 2.45) is 0 Å². The number of rotatable bonds is 2. The van der Waals surface area contributed by atoms with E-state index in [0.717, 1.165) is 18.4 Å². The van der Waals surface area contributed by atoms with Crippen molar-refractivity contribution in [2.75, 3.05) is 0 Å². The largest absolute Gasteiger partial charge is 0.481 e. The Morgan fingerprint density at radius 2 is 1.79 bits per heavy atom. The highest BCUT2D eigenvalue weighted by Crippen LogP contribution is 2.37. The van der Waals surface area contributed by atoms with E-state index in [1.54, 1.807) is 0 Å². The second-order valence-electron chi connectivity index (χ2n) is 6.08. The maximum Gasteiger partial charge on any atom is 0.310 e. The summed E-state index contributed by atoms with van der Waals surface area (Å²) in [6, 6.07) is 6.58. The van der Waals surface area contributed by atoms with Crippen LogP contribution < -0.4 is 0 Å². The Bertz CT molecular complexity index is 470. The molecule has 1 N–H and O–H groups in total. The number of carboxylic acids is 1. The van der Waals surface area contributed by atoms with Gasteiger partial charge >= 0.3 is 5.97 Å². The molecule has 2 aliphatic carbocycles. The molecule has 0 heterocycles. The molecule has 0 aliphatic heterocycles. The quantitative estimate of drug-likeness (QED) is 0.806. The highest BCUT2D eigenvalue weighted by molar-refractivity contribution is 5.77. The maximum absolute atomic E-state index is 11.2. The van der Waals surface area contributed by atoms with Gasteiger partial charge in [0, 0.05) is 0 Å². The SMILES string of the molecule is O=C(O)C1CCc2cc(C3CCCCCC3)ccc21. The van der Waals surface area contributed by atoms with Gasteiger partial charge in [0.2, 0.25) is 0 Å². The molecule has 19 heavy (non-hydrogen) atoms. The first-order valence-electron chi connectivity index (χ1n) is 7.61. The summed E-state index contributed by atoms with van der Waals surface area (Å²) >= 11 is 0. The molecular formula is C17H22O2. The molecule has 0 amide bonds. The highest BCUT2D eigenvalue weighted by Gasteiger charge is 2.28. The van der Waals surface area contributed by atoms with Crippen LogP contribution in [0.4, 0.5) is 0 Å². The van der Waals surface area contributed by atoms with Crippen molar-refractivity contribution in [3.8, 4) is 0 Å². The highest BCUT2D eigenvalue weighted by atomic mass is 16.4. The third-order valence-corrected chi connectivity index (χ3v) is 4.87. The fourth-order valence-electron chi connectivity index (χ4n) is 3.76. The number of carboxylic acid groups (broad SMARTS) is 1. The molecule has 0 saturated heterocycles. The minimum absolute atomic E-state index is 0.266. The molecule has 1 fully saturated rings. The molecule has 1 atom stereocenters. The summed E-state index contributed by atoms with van der Waals surface area (Å²) in [6.45, 7) is 0. The fraction of sp³-hybridized carbons (Fsp3) is 0.588. The van der Waals surface area contributed by atoms with Crippen molar-refractivity contribution in [3.05, 3.63) is 34.9 Å². The van der Waals surface area contributed by atoms with Crippen LogP contribution in [0.25, 0.3) is 0 Å². The predicted molar refractivity (Wildman–Crippen MR) is 75.6 cm³/mol. The molecule has 0 spiro atoms. The van der Waals surface area contributed by atoms with E-state index >= 15 is 0 Å². The first-order chi connectivity index (χ1) is 9.25. The summed E-state index contributed by atoms with van der Waals surface area (Å²) in [6.07, 6.45) is 9.78. The molecule has 1 saturated carbocycles. The van der Waals surface area contributed by atoms with Gasteiger partial charge in [0.1, 0.15) is 0 Å². The summed E-state index contributed by atoms with van der Waals surface area (Å²) in [4.78, 5) is 11.2. The molecule has 102 valence electrons. The molecule has 0 aromatic heterocycles. The zero-order valence-corrected chi connectivity index (χ0v) is 11.4. The molecule has 1 unspecified atom stereocenters. The molecule has 1 aromatic carbocycles. The molecule has 0 bridgehead atoms. The van der Waals surface area contributed by atoms with Gasteiger partial charge in [-0.25, -0.2) is 0 Å². The molecule has 2 heteroatoms. The van der Waals surface area contributed by atoms with E-state index in [0.29, 0.717) is 5.92 Å². The summed E-state index contributed by atoms with van der Waals surface area (Å²) < 4.78 is 0. The third kappa shape index (κ3) is 2.54. The Morgan fingerprint density at radius 3 is 2.47 bits per heavy atom. The number of fused-ring (bicyclic) bond motifs is 1. The van der Waals surface area contributed by atoms with Crippen molar-refractivity contribution in [2.45, 2.75) is 63.2 Å². The van der Waals surface area contributed by atoms with Gasteiger partial charge in [-0.2, -0.15) is 0 Å². The average molecular weight is 258 g/mol. The van der Waals surface area contributed by atoms with E-state index in [1.807, 2.05) is 0 Å². The maximum atomic E-state index is 11.2. The lowest BCUT2D eigenvalue weighted by molar-refractivity contribution is -0.138. The number of hydrogen-bond donors (Lipinski definition) is 1. The van der Waals surface area contributed by atoms with Gasteiger partial charge < -0.3 is 5.11 Å². The van der Waals surface area contributed by atoms with Crippen molar-refractivity contribution < 1.29 is 9.90 Å². The standard InChI is InChI=1S/C17H22O2/c18-17(19)16-10-8-14-11-13(7-9-15(14)16)12-5-3-1-2-4-6-12/h7,9,11-12,16H,1-6,8,10H2,(H,18,19).